The first kappa shape index (κ1) is 36.0. The second-order valence-electron chi connectivity index (χ2n) is 14.3. The predicted octanol–water partition coefficient (Wildman–Crippen LogP) is 13.0. The molecule has 6 heteroatoms. The maximum Gasteiger partial charge on any atom is 0.164 e. The van der Waals surface area contributed by atoms with Gasteiger partial charge in [-0.2, -0.15) is 5.26 Å². The molecule has 0 atom stereocenters. The maximum absolute atomic E-state index is 9.88. The van der Waals surface area contributed by atoms with Gasteiger partial charge < -0.3 is 0 Å². The Balaban J connectivity index is 1.14. The third kappa shape index (κ3) is 6.87. The first-order chi connectivity index (χ1) is 29.7. The van der Waals surface area contributed by atoms with Crippen molar-refractivity contribution < 1.29 is 0 Å². The fourth-order valence-corrected chi connectivity index (χ4v) is 7.79. The minimum atomic E-state index is 0.536. The molecule has 0 unspecified atom stereocenters. The Bertz CT molecular complexity index is 3230. The summed E-state index contributed by atoms with van der Waals surface area (Å²) >= 11 is 0. The van der Waals surface area contributed by atoms with Crippen molar-refractivity contribution in [3.63, 3.8) is 0 Å². The average Bonchev–Trinajstić information content (AvgIpc) is 3.34. The molecule has 0 aliphatic carbocycles. The van der Waals surface area contributed by atoms with Gasteiger partial charge in [0.15, 0.2) is 23.3 Å². The summed E-state index contributed by atoms with van der Waals surface area (Å²) in [6.07, 6.45) is 0. The fourth-order valence-electron chi connectivity index (χ4n) is 7.79. The van der Waals surface area contributed by atoms with Gasteiger partial charge in [-0.25, -0.2) is 24.9 Å². The van der Waals surface area contributed by atoms with Gasteiger partial charge in [0.2, 0.25) is 0 Å². The van der Waals surface area contributed by atoms with Gasteiger partial charge in [-0.1, -0.05) is 188 Å². The molecule has 10 rings (SSSR count). The van der Waals surface area contributed by atoms with Gasteiger partial charge in [-0.3, -0.25) is 0 Å². The number of hydrogen-bond acceptors (Lipinski definition) is 6. The first-order valence-corrected chi connectivity index (χ1v) is 19.7. The summed E-state index contributed by atoms with van der Waals surface area (Å²) in [5.41, 5.74) is 12.8. The van der Waals surface area contributed by atoms with E-state index in [0.29, 0.717) is 28.9 Å². The van der Waals surface area contributed by atoms with Gasteiger partial charge in [-0.15, -0.1) is 0 Å². The molecule has 0 amide bonds. The van der Waals surface area contributed by atoms with E-state index in [-0.39, 0.29) is 0 Å². The molecule has 0 saturated carbocycles. The van der Waals surface area contributed by atoms with Crippen LogP contribution in [0.5, 0.6) is 0 Å². The topological polar surface area (TPSA) is 88.2 Å². The fraction of sp³-hybridized carbons (Fsp3) is 0. The van der Waals surface area contributed by atoms with Crippen LogP contribution in [0.2, 0.25) is 0 Å². The molecule has 280 valence electrons. The molecule has 0 bridgehead atoms. The lowest BCUT2D eigenvalue weighted by atomic mass is 9.88. The molecule has 2 aromatic heterocycles. The summed E-state index contributed by atoms with van der Waals surface area (Å²) in [6.45, 7) is 0. The van der Waals surface area contributed by atoms with Gasteiger partial charge in [0.25, 0.3) is 0 Å². The van der Waals surface area contributed by atoms with Crippen molar-refractivity contribution in [3.8, 4) is 96.3 Å². The standard InChI is InChI=1S/C54H34N6/c55-35-40-22-7-8-25-41(40)38-23-17-24-39(34-38)53-58-52(37-20-5-2-6-21-37)59-54(60-53)47-31-14-12-29-45(47)43-27-10-9-26-42(43)44-28-11-13-30-46(44)50-48-32-15-16-33-49(48)56-51(57-50)36-18-3-1-4-19-36/h1-34H. The van der Waals surface area contributed by atoms with E-state index in [4.69, 9.17) is 24.9 Å². The van der Waals surface area contributed by atoms with Gasteiger partial charge in [-0.05, 0) is 51.6 Å². The number of nitriles is 1. The van der Waals surface area contributed by atoms with Gasteiger partial charge in [0.05, 0.1) is 22.8 Å². The Morgan fingerprint density at radius 1 is 0.300 bits per heavy atom. The Morgan fingerprint density at radius 2 is 0.733 bits per heavy atom. The minimum Gasteiger partial charge on any atom is -0.228 e. The lowest BCUT2D eigenvalue weighted by Crippen LogP contribution is -2.01. The highest BCUT2D eigenvalue weighted by atomic mass is 15.0. The molecular weight excluding hydrogens is 733 g/mol. The summed E-state index contributed by atoms with van der Waals surface area (Å²) in [6, 6.07) is 71.6. The Morgan fingerprint density at radius 3 is 1.38 bits per heavy atom. The zero-order chi connectivity index (χ0) is 40.3. The Labute approximate surface area is 347 Å². The van der Waals surface area contributed by atoms with Crippen LogP contribution in [0.4, 0.5) is 0 Å². The molecule has 0 radical (unpaired) electrons. The Kier molecular flexibility index (Phi) is 9.51. The van der Waals surface area contributed by atoms with E-state index in [2.05, 4.69) is 78.9 Å². The van der Waals surface area contributed by atoms with E-state index in [1.54, 1.807) is 0 Å². The summed E-state index contributed by atoms with van der Waals surface area (Å²) in [5.74, 6) is 2.33. The van der Waals surface area contributed by atoms with Crippen LogP contribution in [0.3, 0.4) is 0 Å². The van der Waals surface area contributed by atoms with Crippen LogP contribution < -0.4 is 0 Å². The molecule has 10 aromatic rings. The van der Waals surface area contributed by atoms with Crippen LogP contribution >= 0.6 is 0 Å². The van der Waals surface area contributed by atoms with Crippen LogP contribution in [-0.2, 0) is 0 Å². The highest BCUT2D eigenvalue weighted by Crippen LogP contribution is 2.42. The summed E-state index contributed by atoms with van der Waals surface area (Å²) in [7, 11) is 0. The van der Waals surface area contributed by atoms with Crippen LogP contribution in [0, 0.1) is 11.3 Å². The number of nitrogens with zero attached hydrogens (tertiary/aromatic N) is 6. The zero-order valence-corrected chi connectivity index (χ0v) is 32.3. The number of rotatable bonds is 8. The second-order valence-corrected chi connectivity index (χ2v) is 14.3. The maximum atomic E-state index is 9.88. The van der Waals surface area contributed by atoms with Gasteiger partial charge >= 0.3 is 0 Å². The van der Waals surface area contributed by atoms with Crippen molar-refractivity contribution in [2.75, 3.05) is 0 Å². The van der Waals surface area contributed by atoms with Crippen molar-refractivity contribution in [1.82, 2.24) is 24.9 Å². The van der Waals surface area contributed by atoms with Crippen molar-refractivity contribution >= 4 is 10.9 Å². The molecule has 0 spiro atoms. The quantitative estimate of drug-likeness (QED) is 0.153. The number of fused-ring (bicyclic) bond motifs is 1. The number of aromatic nitrogens is 5. The van der Waals surface area contributed by atoms with E-state index < -0.39 is 0 Å². The van der Waals surface area contributed by atoms with Crippen LogP contribution in [0.15, 0.2) is 206 Å². The highest BCUT2D eigenvalue weighted by molar-refractivity contribution is 6.01. The van der Waals surface area contributed by atoms with Crippen LogP contribution in [0.25, 0.3) is 101 Å². The third-order valence-electron chi connectivity index (χ3n) is 10.6. The van der Waals surface area contributed by atoms with Crippen LogP contribution in [0.1, 0.15) is 5.56 Å². The second kappa shape index (κ2) is 15.9. The Hall–Kier alpha value is -8.40. The molecular formula is C54H34N6. The molecule has 60 heavy (non-hydrogen) atoms. The number of benzene rings is 8. The van der Waals surface area contributed by atoms with Crippen molar-refractivity contribution in [3.05, 3.63) is 212 Å². The van der Waals surface area contributed by atoms with Crippen molar-refractivity contribution in [2.24, 2.45) is 0 Å². The largest absolute Gasteiger partial charge is 0.228 e. The molecule has 0 aliphatic heterocycles. The summed E-state index contributed by atoms with van der Waals surface area (Å²) in [4.78, 5) is 25.6. The lowest BCUT2D eigenvalue weighted by Gasteiger charge is -2.18. The molecule has 0 aliphatic rings. The first-order valence-electron chi connectivity index (χ1n) is 19.7. The molecule has 6 nitrogen and oxygen atoms in total. The number of hydrogen-bond donors (Lipinski definition) is 0. The molecule has 0 fully saturated rings. The van der Waals surface area contributed by atoms with E-state index in [0.717, 1.165) is 77.8 Å². The van der Waals surface area contributed by atoms with E-state index in [9.17, 15) is 5.26 Å². The zero-order valence-electron chi connectivity index (χ0n) is 32.3. The minimum absolute atomic E-state index is 0.536. The van der Waals surface area contributed by atoms with Crippen molar-refractivity contribution in [2.45, 2.75) is 0 Å². The SMILES string of the molecule is N#Cc1ccccc1-c1cccc(-c2nc(-c3ccccc3)nc(-c3ccccc3-c3ccccc3-c3ccccc3-c3nc(-c4ccccc4)nc4ccccc34)n2)c1. The van der Waals surface area contributed by atoms with Gasteiger partial charge in [0.1, 0.15) is 0 Å². The molecule has 2 heterocycles. The average molecular weight is 767 g/mol. The smallest absolute Gasteiger partial charge is 0.164 e. The molecule has 8 aromatic carbocycles. The van der Waals surface area contributed by atoms with Crippen molar-refractivity contribution in [1.29, 1.82) is 5.26 Å². The normalized spacial score (nSPS) is 11.0. The summed E-state index contributed by atoms with van der Waals surface area (Å²) < 4.78 is 0. The van der Waals surface area contributed by atoms with E-state index in [1.807, 2.05) is 133 Å². The molecule has 0 saturated heterocycles. The third-order valence-corrected chi connectivity index (χ3v) is 10.6. The predicted molar refractivity (Wildman–Crippen MR) is 241 cm³/mol. The van der Waals surface area contributed by atoms with E-state index in [1.165, 1.54) is 0 Å². The lowest BCUT2D eigenvalue weighted by molar-refractivity contribution is 1.07. The number of para-hydroxylation sites is 1. The van der Waals surface area contributed by atoms with E-state index >= 15 is 0 Å². The highest BCUT2D eigenvalue weighted by Gasteiger charge is 2.21. The monoisotopic (exact) mass is 766 g/mol. The molecule has 0 N–H and O–H groups in total. The summed E-state index contributed by atoms with van der Waals surface area (Å²) in [5, 5.41) is 10.9. The van der Waals surface area contributed by atoms with Gasteiger partial charge in [0, 0.05) is 33.2 Å². The van der Waals surface area contributed by atoms with Crippen LogP contribution in [-0.4, -0.2) is 24.9 Å².